The zero-order chi connectivity index (χ0) is 17.9. The molecule has 1 aromatic carbocycles. The van der Waals surface area contributed by atoms with Gasteiger partial charge in [0.15, 0.2) is 0 Å². The van der Waals surface area contributed by atoms with Crippen LogP contribution in [0.15, 0.2) is 18.2 Å². The zero-order valence-electron chi connectivity index (χ0n) is 15.1. The van der Waals surface area contributed by atoms with Crippen LogP contribution in [-0.2, 0) is 17.8 Å². The predicted octanol–water partition coefficient (Wildman–Crippen LogP) is 1.49. The van der Waals surface area contributed by atoms with Gasteiger partial charge in [-0.25, -0.2) is 0 Å². The number of carboxylic acid groups (broad SMARTS) is 1. The molecule has 0 radical (unpaired) electrons. The standard InChI is InChI=1S/C19H29BN2O3/c20-7-2-1-6-19(21,18(23)24)15-10-16(11-15)22-12-13-3-4-17-14(9-13)5-8-25-17/h3-4,9,15-16,22H,1-2,5-8,10-12,20-21H2,(H,23,24)/t15-,16+,19?. The van der Waals surface area contributed by atoms with Crippen LogP contribution in [0.25, 0.3) is 0 Å². The second-order valence-corrected chi connectivity index (χ2v) is 7.59. The van der Waals surface area contributed by atoms with Crippen LogP contribution in [0.4, 0.5) is 0 Å². The quantitative estimate of drug-likeness (QED) is 0.467. The van der Waals surface area contributed by atoms with Gasteiger partial charge in [-0.3, -0.25) is 4.79 Å². The highest BCUT2D eigenvalue weighted by atomic mass is 16.5. The topological polar surface area (TPSA) is 84.6 Å². The minimum absolute atomic E-state index is 0.0766. The number of carbonyl (C=O) groups is 1. The Morgan fingerprint density at radius 1 is 1.40 bits per heavy atom. The van der Waals surface area contributed by atoms with Crippen LogP contribution in [0.5, 0.6) is 5.75 Å². The fraction of sp³-hybridized carbons (Fsp3) is 0.632. The molecular weight excluding hydrogens is 315 g/mol. The molecule has 4 N–H and O–H groups in total. The minimum atomic E-state index is -1.06. The Morgan fingerprint density at radius 2 is 2.20 bits per heavy atom. The lowest BCUT2D eigenvalue weighted by Gasteiger charge is -2.45. The number of benzene rings is 1. The molecule has 0 aromatic heterocycles. The largest absolute Gasteiger partial charge is 0.493 e. The van der Waals surface area contributed by atoms with Crippen molar-refractivity contribution in [1.29, 1.82) is 0 Å². The maximum atomic E-state index is 11.7. The van der Waals surface area contributed by atoms with Gasteiger partial charge in [0, 0.05) is 19.0 Å². The minimum Gasteiger partial charge on any atom is -0.493 e. The first-order chi connectivity index (χ1) is 12.0. The molecule has 1 atom stereocenters. The molecule has 1 saturated carbocycles. The molecule has 0 spiro atoms. The van der Waals surface area contributed by atoms with Gasteiger partial charge in [0.1, 0.15) is 19.1 Å². The van der Waals surface area contributed by atoms with Crippen LogP contribution in [-0.4, -0.2) is 37.1 Å². The van der Waals surface area contributed by atoms with Crippen molar-refractivity contribution in [3.8, 4) is 5.75 Å². The Kier molecular flexibility index (Phi) is 5.69. The van der Waals surface area contributed by atoms with E-state index in [1.54, 1.807) is 0 Å². The second-order valence-electron chi connectivity index (χ2n) is 7.59. The van der Waals surface area contributed by atoms with E-state index in [1.165, 1.54) is 11.1 Å². The number of aliphatic carboxylic acids is 1. The van der Waals surface area contributed by atoms with Gasteiger partial charge in [0.25, 0.3) is 0 Å². The lowest BCUT2D eigenvalue weighted by molar-refractivity contribution is -0.148. The maximum Gasteiger partial charge on any atom is 0.323 e. The highest BCUT2D eigenvalue weighted by Gasteiger charge is 2.47. The summed E-state index contributed by atoms with van der Waals surface area (Å²) in [7, 11) is 2.12. The third-order valence-electron chi connectivity index (χ3n) is 5.81. The average Bonchev–Trinajstić information content (AvgIpc) is 3.01. The zero-order valence-corrected chi connectivity index (χ0v) is 15.1. The molecule has 136 valence electrons. The second kappa shape index (κ2) is 7.79. The van der Waals surface area contributed by atoms with Crippen molar-refractivity contribution in [1.82, 2.24) is 5.32 Å². The van der Waals surface area contributed by atoms with Gasteiger partial charge in [-0.15, -0.1) is 0 Å². The molecule has 1 heterocycles. The Balaban J connectivity index is 1.47. The number of carboxylic acids is 1. The number of hydrogen-bond acceptors (Lipinski definition) is 4. The van der Waals surface area contributed by atoms with E-state index in [9.17, 15) is 9.90 Å². The molecule has 6 heteroatoms. The number of unbranched alkanes of at least 4 members (excludes halogenated alkanes) is 1. The molecule has 1 fully saturated rings. The van der Waals surface area contributed by atoms with E-state index in [2.05, 4.69) is 25.3 Å². The van der Waals surface area contributed by atoms with Gasteiger partial charge < -0.3 is 20.9 Å². The first kappa shape index (κ1) is 18.3. The SMILES string of the molecule is BCCCCC(N)(C(=O)O)[C@H]1C[C@@H](NCc2ccc3c(c2)CCO3)C1. The Labute approximate surface area is 150 Å². The summed E-state index contributed by atoms with van der Waals surface area (Å²) in [4.78, 5) is 11.7. The fourth-order valence-corrected chi connectivity index (χ4v) is 3.97. The lowest BCUT2D eigenvalue weighted by atomic mass is 9.66. The van der Waals surface area contributed by atoms with Crippen LogP contribution in [0, 0.1) is 5.92 Å². The summed E-state index contributed by atoms with van der Waals surface area (Å²) >= 11 is 0. The Bertz CT molecular complexity index is 619. The molecule has 5 nitrogen and oxygen atoms in total. The number of rotatable bonds is 9. The summed E-state index contributed by atoms with van der Waals surface area (Å²) in [5, 5.41) is 13.1. The molecule has 1 aromatic rings. The number of fused-ring (bicyclic) bond motifs is 1. The Morgan fingerprint density at radius 3 is 2.92 bits per heavy atom. The van der Waals surface area contributed by atoms with Crippen LogP contribution in [0.3, 0.4) is 0 Å². The third kappa shape index (κ3) is 4.01. The number of ether oxygens (including phenoxy) is 1. The number of hydrogen-bond donors (Lipinski definition) is 3. The maximum absolute atomic E-state index is 11.7. The fourth-order valence-electron chi connectivity index (χ4n) is 3.97. The van der Waals surface area contributed by atoms with Gasteiger partial charge in [0.05, 0.1) is 6.61 Å². The summed E-state index contributed by atoms with van der Waals surface area (Å²) in [5.41, 5.74) is 7.76. The smallest absolute Gasteiger partial charge is 0.323 e. The van der Waals surface area contributed by atoms with Crippen LogP contribution in [0.1, 0.15) is 43.2 Å². The summed E-state index contributed by atoms with van der Waals surface area (Å²) in [6, 6.07) is 6.72. The molecule has 1 unspecified atom stereocenters. The van der Waals surface area contributed by atoms with E-state index in [-0.39, 0.29) is 5.92 Å². The van der Waals surface area contributed by atoms with E-state index in [4.69, 9.17) is 10.5 Å². The highest BCUT2D eigenvalue weighted by Crippen LogP contribution is 2.38. The summed E-state index contributed by atoms with van der Waals surface area (Å²) in [6.07, 6.45) is 6.29. The van der Waals surface area contributed by atoms with Crippen molar-refractivity contribution >= 4 is 13.8 Å². The van der Waals surface area contributed by atoms with E-state index in [1.807, 2.05) is 6.07 Å². The molecule has 0 bridgehead atoms. The molecule has 1 aliphatic carbocycles. The average molecular weight is 344 g/mol. The molecule has 2 aliphatic rings. The predicted molar refractivity (Wildman–Crippen MR) is 101 cm³/mol. The van der Waals surface area contributed by atoms with E-state index >= 15 is 0 Å². The lowest BCUT2D eigenvalue weighted by Crippen LogP contribution is -2.60. The van der Waals surface area contributed by atoms with Crippen molar-refractivity contribution < 1.29 is 14.6 Å². The summed E-state index contributed by atoms with van der Waals surface area (Å²) in [6.45, 7) is 1.59. The first-order valence-electron chi connectivity index (χ1n) is 9.53. The van der Waals surface area contributed by atoms with Crippen molar-refractivity contribution in [2.45, 2.75) is 63.0 Å². The third-order valence-corrected chi connectivity index (χ3v) is 5.81. The van der Waals surface area contributed by atoms with Crippen molar-refractivity contribution in [3.05, 3.63) is 29.3 Å². The van der Waals surface area contributed by atoms with Crippen molar-refractivity contribution in [2.75, 3.05) is 6.61 Å². The van der Waals surface area contributed by atoms with Crippen LogP contribution >= 0.6 is 0 Å². The van der Waals surface area contributed by atoms with E-state index in [0.29, 0.717) is 12.5 Å². The van der Waals surface area contributed by atoms with Crippen LogP contribution < -0.4 is 15.8 Å². The molecule has 0 amide bonds. The van der Waals surface area contributed by atoms with Gasteiger partial charge in [-0.2, -0.15) is 0 Å². The van der Waals surface area contributed by atoms with Crippen molar-refractivity contribution in [3.63, 3.8) is 0 Å². The number of nitrogens with two attached hydrogens (primary N) is 1. The van der Waals surface area contributed by atoms with Gasteiger partial charge in [0.2, 0.25) is 0 Å². The van der Waals surface area contributed by atoms with E-state index < -0.39 is 11.5 Å². The molecule has 3 rings (SSSR count). The number of nitrogens with one attached hydrogen (secondary N) is 1. The first-order valence-corrected chi connectivity index (χ1v) is 9.53. The van der Waals surface area contributed by atoms with E-state index in [0.717, 1.165) is 57.3 Å². The highest BCUT2D eigenvalue weighted by molar-refractivity contribution is 6.08. The summed E-state index contributed by atoms with van der Waals surface area (Å²) in [5.74, 6) is 0.243. The molecule has 25 heavy (non-hydrogen) atoms. The Hall–Kier alpha value is -1.53. The van der Waals surface area contributed by atoms with Crippen LogP contribution in [0.2, 0.25) is 6.32 Å². The molecular formula is C19H29BN2O3. The monoisotopic (exact) mass is 344 g/mol. The molecule has 0 saturated heterocycles. The van der Waals surface area contributed by atoms with Crippen molar-refractivity contribution in [2.24, 2.45) is 11.7 Å². The summed E-state index contributed by atoms with van der Waals surface area (Å²) < 4.78 is 5.54. The normalized spacial score (nSPS) is 24.0. The molecule has 1 aliphatic heterocycles. The van der Waals surface area contributed by atoms with Gasteiger partial charge >= 0.3 is 5.97 Å². The van der Waals surface area contributed by atoms with Gasteiger partial charge in [-0.1, -0.05) is 31.3 Å². The van der Waals surface area contributed by atoms with Gasteiger partial charge in [-0.05, 0) is 42.4 Å².